The number of nitrogens with two attached hydrogens (primary N) is 1. The van der Waals surface area contributed by atoms with E-state index in [0.29, 0.717) is 24.1 Å². The van der Waals surface area contributed by atoms with Gasteiger partial charge in [0.25, 0.3) is 7.82 Å². The third kappa shape index (κ3) is 20.1. The minimum Gasteiger partial charge on any atom is -0.756 e. The van der Waals surface area contributed by atoms with Crippen molar-refractivity contribution < 1.29 is 32.9 Å². The Bertz CT molecular complexity index is 637. The summed E-state index contributed by atoms with van der Waals surface area (Å²) in [5.74, 6) is -0.950. The van der Waals surface area contributed by atoms with Crippen LogP contribution in [0, 0.1) is 5.92 Å². The maximum Gasteiger partial charge on any atom is 0.266 e. The molecule has 4 atom stereocenters. The molecule has 9 heteroatoms. The quantitative estimate of drug-likeness (QED) is 0.0855. The van der Waals surface area contributed by atoms with Gasteiger partial charge in [0.1, 0.15) is 12.1 Å². The molecule has 0 aromatic rings. The molecule has 0 saturated carbocycles. The zero-order valence-electron chi connectivity index (χ0n) is 24.8. The SMILES string of the molecule is CCCCCCCCCC(CC(N)=O)C(CC(C)OCCCCCCCC)(C[N+](C)(C)C)OP(=O)([O-])O. The molecule has 0 fully saturated rings. The number of quaternary nitrogens is 1. The first kappa shape index (κ1) is 36.5. The van der Waals surface area contributed by atoms with Gasteiger partial charge in [-0.3, -0.25) is 9.36 Å². The van der Waals surface area contributed by atoms with Crippen LogP contribution in [0.2, 0.25) is 0 Å². The number of unbranched alkanes of at least 4 members (excludes halogenated alkanes) is 11. The molecule has 0 aliphatic rings. The highest BCUT2D eigenvalue weighted by molar-refractivity contribution is 7.44. The highest BCUT2D eigenvalue weighted by atomic mass is 31.2. The van der Waals surface area contributed by atoms with Crippen molar-refractivity contribution in [3.8, 4) is 0 Å². The van der Waals surface area contributed by atoms with E-state index >= 15 is 0 Å². The Morgan fingerprint density at radius 1 is 0.946 bits per heavy atom. The number of ether oxygens (including phenoxy) is 1. The van der Waals surface area contributed by atoms with Gasteiger partial charge in [-0.15, -0.1) is 0 Å². The fourth-order valence-electron chi connectivity index (χ4n) is 5.39. The number of hydrogen-bond acceptors (Lipinski definition) is 5. The first-order valence-electron chi connectivity index (χ1n) is 14.7. The highest BCUT2D eigenvalue weighted by Gasteiger charge is 2.48. The summed E-state index contributed by atoms with van der Waals surface area (Å²) in [6.07, 6.45) is 15.2. The normalized spacial score (nSPS) is 17.2. The molecule has 0 aromatic heterocycles. The molecule has 0 radical (unpaired) electrons. The fraction of sp³-hybridized carbons (Fsp3) is 0.964. The van der Waals surface area contributed by atoms with Crippen LogP contribution in [0.1, 0.15) is 124 Å². The van der Waals surface area contributed by atoms with Crippen molar-refractivity contribution in [2.45, 2.75) is 135 Å². The van der Waals surface area contributed by atoms with Crippen molar-refractivity contribution in [2.24, 2.45) is 11.7 Å². The molecule has 0 aliphatic heterocycles. The second-order valence-electron chi connectivity index (χ2n) is 12.0. The van der Waals surface area contributed by atoms with Crippen LogP contribution in [0.5, 0.6) is 0 Å². The van der Waals surface area contributed by atoms with Gasteiger partial charge in [-0.25, -0.2) is 0 Å². The zero-order chi connectivity index (χ0) is 28.4. The Labute approximate surface area is 227 Å². The van der Waals surface area contributed by atoms with Crippen LogP contribution in [0.4, 0.5) is 0 Å². The van der Waals surface area contributed by atoms with Gasteiger partial charge < -0.3 is 29.3 Å². The summed E-state index contributed by atoms with van der Waals surface area (Å²) in [6, 6.07) is 0. The summed E-state index contributed by atoms with van der Waals surface area (Å²) >= 11 is 0. The molecule has 8 nitrogen and oxygen atoms in total. The van der Waals surface area contributed by atoms with Crippen molar-refractivity contribution in [3.63, 3.8) is 0 Å². The van der Waals surface area contributed by atoms with Gasteiger partial charge in [0.15, 0.2) is 0 Å². The number of nitrogens with zero attached hydrogens (tertiary/aromatic N) is 1. The molecule has 3 N–H and O–H groups in total. The fourth-order valence-corrected chi connectivity index (χ4v) is 6.13. The standard InChI is InChI=1S/C28H59N2O6P/c1-7-9-11-13-15-16-18-20-26(22-27(29)31)28(24-30(4,5)6,36-37(32,33)34)23-25(3)35-21-19-17-14-12-10-8-2/h25-26H,7-24H2,1-6H3,(H3-,29,31,32,33,34). The number of phosphoric ester groups is 1. The Morgan fingerprint density at radius 2 is 1.43 bits per heavy atom. The van der Waals surface area contributed by atoms with E-state index in [9.17, 15) is 19.1 Å². The molecule has 4 unspecified atom stereocenters. The summed E-state index contributed by atoms with van der Waals surface area (Å²) in [5, 5.41) is 0. The topological polar surface area (TPSA) is 122 Å². The summed E-state index contributed by atoms with van der Waals surface area (Å²) in [5.41, 5.74) is 4.34. The maximum absolute atomic E-state index is 12.2. The van der Waals surface area contributed by atoms with Gasteiger partial charge >= 0.3 is 0 Å². The lowest BCUT2D eigenvalue weighted by Gasteiger charge is -2.46. The third-order valence-electron chi connectivity index (χ3n) is 6.92. The minimum atomic E-state index is -5.10. The number of primary amides is 1. The lowest BCUT2D eigenvalue weighted by molar-refractivity contribution is -0.877. The van der Waals surface area contributed by atoms with Crippen molar-refractivity contribution in [3.05, 3.63) is 0 Å². The first-order chi connectivity index (χ1) is 17.2. The van der Waals surface area contributed by atoms with Crippen LogP contribution >= 0.6 is 7.82 Å². The number of phosphoric acid groups is 1. The second kappa shape index (κ2) is 19.5. The van der Waals surface area contributed by atoms with Gasteiger partial charge in [-0.1, -0.05) is 90.9 Å². The summed E-state index contributed by atoms with van der Waals surface area (Å²) in [4.78, 5) is 34.2. The first-order valence-corrected chi connectivity index (χ1v) is 16.2. The second-order valence-corrected chi connectivity index (χ2v) is 13.1. The largest absolute Gasteiger partial charge is 0.756 e. The van der Waals surface area contributed by atoms with Crippen LogP contribution in [-0.4, -0.2) is 61.3 Å². The Hall–Kier alpha value is -0.500. The van der Waals surface area contributed by atoms with E-state index in [0.717, 1.165) is 32.1 Å². The Morgan fingerprint density at radius 3 is 1.89 bits per heavy atom. The molecule has 0 aromatic carbocycles. The third-order valence-corrected chi connectivity index (χ3v) is 7.51. The molecule has 0 heterocycles. The van der Waals surface area contributed by atoms with E-state index < -0.39 is 25.2 Å². The maximum atomic E-state index is 12.2. The number of likely N-dealkylation sites (N-methyl/N-ethyl adjacent to an activating group) is 1. The van der Waals surface area contributed by atoms with E-state index in [1.165, 1.54) is 51.4 Å². The van der Waals surface area contributed by atoms with Crippen molar-refractivity contribution in [1.29, 1.82) is 0 Å². The zero-order valence-corrected chi connectivity index (χ0v) is 25.7. The van der Waals surface area contributed by atoms with Crippen LogP contribution in [0.15, 0.2) is 0 Å². The van der Waals surface area contributed by atoms with Gasteiger partial charge in [0.05, 0.1) is 27.2 Å². The van der Waals surface area contributed by atoms with Crippen LogP contribution in [0.3, 0.4) is 0 Å². The lowest BCUT2D eigenvalue weighted by Crippen LogP contribution is -2.56. The minimum absolute atomic E-state index is 0.0000166. The van der Waals surface area contributed by atoms with Crippen LogP contribution in [-0.2, 0) is 18.6 Å². The van der Waals surface area contributed by atoms with Gasteiger partial charge in [0.2, 0.25) is 5.91 Å². The molecule has 0 bridgehead atoms. The van der Waals surface area contributed by atoms with Crippen molar-refractivity contribution >= 4 is 13.7 Å². The van der Waals surface area contributed by atoms with Crippen molar-refractivity contribution in [2.75, 3.05) is 34.3 Å². The average Bonchev–Trinajstić information content (AvgIpc) is 2.74. The lowest BCUT2D eigenvalue weighted by atomic mass is 9.77. The smallest absolute Gasteiger partial charge is 0.266 e. The number of carbonyl (C=O) groups excluding carboxylic acids is 1. The van der Waals surface area contributed by atoms with E-state index in [4.69, 9.17) is 15.0 Å². The molecular weight excluding hydrogens is 491 g/mol. The van der Waals surface area contributed by atoms with Crippen LogP contribution < -0.4 is 10.6 Å². The number of amides is 1. The van der Waals surface area contributed by atoms with Gasteiger partial charge in [-0.2, -0.15) is 0 Å². The molecule has 0 saturated heterocycles. The summed E-state index contributed by atoms with van der Waals surface area (Å²) < 4.78 is 24.2. The summed E-state index contributed by atoms with van der Waals surface area (Å²) in [7, 11) is 0.740. The predicted molar refractivity (Wildman–Crippen MR) is 150 cm³/mol. The van der Waals surface area contributed by atoms with Gasteiger partial charge in [-0.05, 0) is 19.8 Å². The average molecular weight is 551 g/mol. The number of rotatable bonds is 25. The van der Waals surface area contributed by atoms with Crippen molar-refractivity contribution in [1.82, 2.24) is 0 Å². The van der Waals surface area contributed by atoms with Gasteiger partial charge in [0, 0.05) is 25.4 Å². The number of hydrogen-bond donors (Lipinski definition) is 2. The Kier molecular flexibility index (Phi) is 19.3. The van der Waals surface area contributed by atoms with Crippen LogP contribution in [0.25, 0.3) is 0 Å². The van der Waals surface area contributed by atoms with E-state index in [-0.39, 0.29) is 18.9 Å². The van der Waals surface area contributed by atoms with E-state index in [1.54, 1.807) is 0 Å². The molecule has 37 heavy (non-hydrogen) atoms. The molecular formula is C28H59N2O6P. The molecule has 0 spiro atoms. The molecule has 222 valence electrons. The monoisotopic (exact) mass is 550 g/mol. The molecule has 1 amide bonds. The molecule has 0 rings (SSSR count). The predicted octanol–water partition coefficient (Wildman–Crippen LogP) is 5.70. The molecule has 0 aliphatic carbocycles. The van der Waals surface area contributed by atoms with E-state index in [1.807, 2.05) is 28.1 Å². The van der Waals surface area contributed by atoms with E-state index in [2.05, 4.69) is 13.8 Å². The number of carbonyl (C=O) groups is 1. The highest BCUT2D eigenvalue weighted by Crippen LogP contribution is 2.46. The Balaban J connectivity index is 5.59. The summed E-state index contributed by atoms with van der Waals surface area (Å²) in [6.45, 7) is 7.17.